The lowest BCUT2D eigenvalue weighted by molar-refractivity contribution is -0.275. The number of imide groups is 2. The molecule has 5 aromatic carbocycles. The predicted octanol–water partition coefficient (Wildman–Crippen LogP) is 12.7. The number of urea groups is 1. The third-order valence-corrected chi connectivity index (χ3v) is 23.5. The minimum atomic E-state index is -5.05. The highest BCUT2D eigenvalue weighted by Gasteiger charge is 2.39. The van der Waals surface area contributed by atoms with E-state index >= 15 is 4.79 Å². The van der Waals surface area contributed by atoms with Crippen LogP contribution in [0.25, 0.3) is 43.8 Å². The van der Waals surface area contributed by atoms with E-state index in [4.69, 9.17) is 44.3 Å². The second-order valence-electron chi connectivity index (χ2n) is 29.0. The molecule has 3 aromatic heterocycles. The summed E-state index contributed by atoms with van der Waals surface area (Å²) in [4.78, 5) is 106. The lowest BCUT2D eigenvalue weighted by atomic mass is 9.86. The molecular formula is C79H84Cl3F3N12O9. The quantitative estimate of drug-likeness (QED) is 0.0586. The lowest BCUT2D eigenvalue weighted by Gasteiger charge is -2.46. The topological polar surface area (TPSA) is 225 Å². The van der Waals surface area contributed by atoms with E-state index in [9.17, 15) is 41.9 Å². The Morgan fingerprint density at radius 1 is 0.632 bits per heavy atom. The third-order valence-electron chi connectivity index (χ3n) is 22.5. The molecule has 6 amide bonds. The number of methoxy groups -OCH3 is 1. The molecule has 9 heterocycles. The van der Waals surface area contributed by atoms with Crippen LogP contribution >= 0.6 is 34.8 Å². The number of anilines is 2. The number of nitrogens with one attached hydrogen (secondary N) is 4. The van der Waals surface area contributed by atoms with Gasteiger partial charge in [-0.1, -0.05) is 77.3 Å². The number of pyridine rings is 3. The summed E-state index contributed by atoms with van der Waals surface area (Å²) in [6.07, 6.45) is 8.59. The summed E-state index contributed by atoms with van der Waals surface area (Å²) in [5, 5.41) is 14.9. The number of rotatable bonds is 18. The number of hydrogen-bond donors (Lipinski definition) is 4. The van der Waals surface area contributed by atoms with Crippen LogP contribution in [-0.4, -0.2) is 165 Å². The van der Waals surface area contributed by atoms with Crippen molar-refractivity contribution in [2.75, 3.05) is 70.6 Å². The maximum absolute atomic E-state index is 15.1. The van der Waals surface area contributed by atoms with E-state index in [2.05, 4.69) is 41.0 Å². The van der Waals surface area contributed by atoms with Crippen molar-refractivity contribution in [2.45, 2.75) is 145 Å². The second-order valence-corrected chi connectivity index (χ2v) is 30.2. The summed E-state index contributed by atoms with van der Waals surface area (Å²) < 4.78 is 58.2. The number of benzene rings is 5. The Labute approximate surface area is 626 Å². The third kappa shape index (κ3) is 16.1. The fourth-order valence-electron chi connectivity index (χ4n) is 16.7. The number of piperidine rings is 6. The molecule has 6 fully saturated rings. The average molecular weight is 1510 g/mol. The first-order valence-corrected chi connectivity index (χ1v) is 37.5. The van der Waals surface area contributed by atoms with Crippen LogP contribution in [0.3, 0.4) is 0 Å². The van der Waals surface area contributed by atoms with Crippen molar-refractivity contribution < 1.29 is 46.6 Å². The predicted molar refractivity (Wildman–Crippen MR) is 403 cm³/mol. The molecule has 14 rings (SSSR count). The zero-order valence-corrected chi connectivity index (χ0v) is 61.4. The number of likely N-dealkylation sites (tertiary alicyclic amines) is 4. The van der Waals surface area contributed by atoms with E-state index in [1.807, 2.05) is 89.8 Å². The molecule has 6 saturated heterocycles. The molecule has 0 bridgehead atoms. The van der Waals surface area contributed by atoms with Gasteiger partial charge in [0.25, 0.3) is 11.1 Å². The fourth-order valence-corrected chi connectivity index (χ4v) is 17.6. The Bertz CT molecular complexity index is 4840. The lowest BCUT2D eigenvalue weighted by Crippen LogP contribution is -2.53. The molecule has 106 heavy (non-hydrogen) atoms. The summed E-state index contributed by atoms with van der Waals surface area (Å²) in [6, 6.07) is 27.8. The van der Waals surface area contributed by atoms with Gasteiger partial charge in [0.1, 0.15) is 23.6 Å². The molecule has 4 unspecified atom stereocenters. The van der Waals surface area contributed by atoms with Gasteiger partial charge in [-0.25, -0.2) is 4.79 Å². The van der Waals surface area contributed by atoms with Crippen LogP contribution in [0.4, 0.5) is 29.3 Å². The van der Waals surface area contributed by atoms with E-state index in [-0.39, 0.29) is 108 Å². The fraction of sp³-hybridized carbons (Fsp3) is 0.418. The molecule has 0 spiro atoms. The molecule has 27 heteroatoms. The number of alkyl halides is 3. The van der Waals surface area contributed by atoms with Crippen molar-refractivity contribution in [3.05, 3.63) is 180 Å². The Balaban J connectivity index is 0.679. The van der Waals surface area contributed by atoms with Crippen molar-refractivity contribution >= 4 is 97.4 Å². The van der Waals surface area contributed by atoms with E-state index in [0.717, 1.165) is 79.4 Å². The maximum atomic E-state index is 15.1. The highest BCUT2D eigenvalue weighted by molar-refractivity contribution is 6.32. The van der Waals surface area contributed by atoms with E-state index in [0.29, 0.717) is 130 Å². The van der Waals surface area contributed by atoms with Crippen molar-refractivity contribution in [1.82, 2.24) is 49.3 Å². The molecule has 6 aliphatic rings. The van der Waals surface area contributed by atoms with Crippen LogP contribution in [0.2, 0.25) is 15.1 Å². The van der Waals surface area contributed by atoms with Gasteiger partial charge < -0.3 is 43.9 Å². The zero-order chi connectivity index (χ0) is 74.2. The number of aryl methyl sites for hydroxylation is 1. The highest BCUT2D eigenvalue weighted by Crippen LogP contribution is 2.42. The average Bonchev–Trinajstić information content (AvgIpc) is 0.767. The Kier molecular flexibility index (Phi) is 21.9. The molecule has 0 aliphatic carbocycles. The van der Waals surface area contributed by atoms with Crippen molar-refractivity contribution in [1.29, 1.82) is 0 Å². The van der Waals surface area contributed by atoms with E-state index in [1.165, 1.54) is 23.0 Å². The molecule has 0 radical (unpaired) electrons. The maximum Gasteiger partial charge on any atom is 0.573 e. The van der Waals surface area contributed by atoms with Gasteiger partial charge in [0.15, 0.2) is 0 Å². The summed E-state index contributed by atoms with van der Waals surface area (Å²) in [7, 11) is 5.08. The van der Waals surface area contributed by atoms with Crippen molar-refractivity contribution in [2.24, 2.45) is 7.05 Å². The summed E-state index contributed by atoms with van der Waals surface area (Å²) in [5.74, 6) is -0.790. The van der Waals surface area contributed by atoms with Crippen LogP contribution in [0, 0.1) is 0 Å². The number of hydrogen-bond acceptors (Lipinski definition) is 15. The molecule has 8 aromatic rings. The van der Waals surface area contributed by atoms with Gasteiger partial charge in [0.05, 0.1) is 12.5 Å². The molecule has 4 atom stereocenters. The van der Waals surface area contributed by atoms with Gasteiger partial charge in [-0.3, -0.25) is 54.2 Å². The molecule has 0 saturated carbocycles. The Morgan fingerprint density at radius 2 is 1.24 bits per heavy atom. The standard InChI is InChI=1S/C79H84Cl3F3N12O9/c1-91-43-62(59-18-26-86-40-61(59)76(91)102)48-8-9-49(70(35-48)106-79(83,84)85)41-96-33-25-54(94-29-19-46(20-30-94)56-12-10-51(37-66(56)81)87-68-14-16-72(98)89-74(68)100)39-55(96)42-97-45-63(58-6-4-5-7-60(58)77(97)103)50-34-65(80)64(71(36-50)105-3)44-93-27-23-53(24-28-93)92(2)78(104)95-31-21-47(22-32-95)57-13-11-52(38-67(57)82)88-69-15-17-73(99)90-75(69)101/h4-13,18,26,34-38,40,43,45-47,53-55,68-69,87-88H,14-17,19-25,27-33,39,41-42,44H2,1-3H3,(H,89,98,100)(H,90,99,101). The smallest absolute Gasteiger partial charge is 0.496 e. The SMILES string of the molecule is COc1cc(-c2cn(CC3CC(N4CCC(c5ccc(NC6CCC(=O)NC6=O)cc5Cl)CC4)CCN3Cc3ccc(-c4cn(C)c(=O)c5cnccc45)cc3OC(F)(F)F)c(=O)c3ccccc23)cc(Cl)c1CN1CCC(N(C)C(=O)N2CCC(c3ccc(NC4CCC(=O)NC4=O)cc3Cl)CC2)CC1. The zero-order valence-electron chi connectivity index (χ0n) is 59.2. The molecule has 556 valence electrons. The van der Waals surface area contributed by atoms with Crippen LogP contribution < -0.4 is 41.9 Å². The Hall–Kier alpha value is -9.04. The van der Waals surface area contributed by atoms with Gasteiger partial charge in [-0.05, 0) is 177 Å². The molecular weight excluding hydrogens is 1420 g/mol. The van der Waals surface area contributed by atoms with E-state index in [1.54, 1.807) is 49.2 Å². The monoisotopic (exact) mass is 1510 g/mol. The Morgan fingerprint density at radius 3 is 1.85 bits per heavy atom. The van der Waals surface area contributed by atoms with Crippen LogP contribution in [0.5, 0.6) is 11.5 Å². The van der Waals surface area contributed by atoms with Crippen LogP contribution in [0.15, 0.2) is 131 Å². The van der Waals surface area contributed by atoms with E-state index < -0.39 is 18.4 Å². The minimum Gasteiger partial charge on any atom is -0.496 e. The normalized spacial score (nSPS) is 20.7. The first kappa shape index (κ1) is 73.8. The molecule has 6 aliphatic heterocycles. The first-order chi connectivity index (χ1) is 51.0. The number of aromatic nitrogens is 3. The number of amides is 6. The number of nitrogens with zero attached hydrogens (tertiary/aromatic N) is 8. The van der Waals surface area contributed by atoms with Gasteiger partial charge >= 0.3 is 12.4 Å². The van der Waals surface area contributed by atoms with Crippen LogP contribution in [-0.2, 0) is 45.9 Å². The van der Waals surface area contributed by atoms with Gasteiger partial charge in [-0.15, -0.1) is 13.2 Å². The molecule has 4 N–H and O–H groups in total. The summed E-state index contributed by atoms with van der Waals surface area (Å²) >= 11 is 21.2. The van der Waals surface area contributed by atoms with Crippen molar-refractivity contribution in [3.8, 4) is 33.8 Å². The minimum absolute atomic E-state index is 0.00197. The summed E-state index contributed by atoms with van der Waals surface area (Å²) in [5.41, 5.74) is 6.34. The van der Waals surface area contributed by atoms with Gasteiger partial charge in [0, 0.05) is 176 Å². The number of ether oxygens (including phenoxy) is 2. The number of carbonyl (C=O) groups is 5. The highest BCUT2D eigenvalue weighted by atomic mass is 35.5. The van der Waals surface area contributed by atoms with Crippen LogP contribution in [0.1, 0.15) is 111 Å². The van der Waals surface area contributed by atoms with Crippen molar-refractivity contribution in [3.63, 3.8) is 0 Å². The number of halogens is 6. The molecule has 21 nitrogen and oxygen atoms in total. The summed E-state index contributed by atoms with van der Waals surface area (Å²) in [6.45, 7) is 5.29. The second kappa shape index (κ2) is 31.4. The number of carbonyl (C=O) groups excluding carboxylic acids is 5. The van der Waals surface area contributed by atoms with Gasteiger partial charge in [-0.2, -0.15) is 0 Å². The number of fused-ring (bicyclic) bond motifs is 2. The van der Waals surface area contributed by atoms with Gasteiger partial charge in [0.2, 0.25) is 23.6 Å². The largest absolute Gasteiger partial charge is 0.573 e. The first-order valence-electron chi connectivity index (χ1n) is 36.3.